The van der Waals surface area contributed by atoms with E-state index in [4.69, 9.17) is 31.0 Å². The first kappa shape index (κ1) is 22.7. The highest BCUT2D eigenvalue weighted by Crippen LogP contribution is 2.44. The number of nitrogens with zero attached hydrogens (tertiary/aromatic N) is 5. The first-order valence-electron chi connectivity index (χ1n) is 11.3. The van der Waals surface area contributed by atoms with Gasteiger partial charge in [0.1, 0.15) is 17.4 Å². The van der Waals surface area contributed by atoms with Gasteiger partial charge in [-0.3, -0.25) is 0 Å². The SMILES string of the molecule is CN1CCC(Oc2nc(N3CCN(C(=O)O)CC3)c3cc(Cl)c(Br)c(OC4CC4)c3n2)CC1. The van der Waals surface area contributed by atoms with Gasteiger partial charge >= 0.3 is 12.1 Å². The number of rotatable bonds is 5. The second-order valence-corrected chi connectivity index (χ2v) is 10.1. The van der Waals surface area contributed by atoms with Crippen molar-refractivity contribution in [1.29, 1.82) is 0 Å². The van der Waals surface area contributed by atoms with Crippen LogP contribution in [0.3, 0.4) is 0 Å². The molecule has 3 aliphatic rings. The van der Waals surface area contributed by atoms with Gasteiger partial charge in [0.2, 0.25) is 0 Å². The maximum absolute atomic E-state index is 11.4. The average molecular weight is 541 g/mol. The number of amides is 1. The van der Waals surface area contributed by atoms with Crippen LogP contribution in [0.2, 0.25) is 5.02 Å². The molecule has 33 heavy (non-hydrogen) atoms. The maximum Gasteiger partial charge on any atom is 0.407 e. The highest BCUT2D eigenvalue weighted by Gasteiger charge is 2.30. The van der Waals surface area contributed by atoms with Gasteiger partial charge in [-0.15, -0.1) is 0 Å². The van der Waals surface area contributed by atoms with Crippen molar-refractivity contribution in [2.45, 2.75) is 37.9 Å². The lowest BCUT2D eigenvalue weighted by Gasteiger charge is -2.34. The van der Waals surface area contributed by atoms with Gasteiger partial charge < -0.3 is 29.3 Å². The third-order valence-corrected chi connectivity index (χ3v) is 7.71. The molecule has 2 aromatic rings. The molecular formula is C22H27BrClN5O4. The average Bonchev–Trinajstić information content (AvgIpc) is 3.63. The Labute approximate surface area is 205 Å². The molecule has 3 fully saturated rings. The van der Waals surface area contributed by atoms with E-state index in [1.165, 1.54) is 4.90 Å². The van der Waals surface area contributed by atoms with Gasteiger partial charge in [0.15, 0.2) is 5.75 Å². The van der Waals surface area contributed by atoms with E-state index in [1.54, 1.807) is 0 Å². The fourth-order valence-corrected chi connectivity index (χ4v) is 4.85. The lowest BCUT2D eigenvalue weighted by molar-refractivity contribution is 0.105. The molecule has 9 nitrogen and oxygen atoms in total. The first-order chi connectivity index (χ1) is 15.9. The van der Waals surface area contributed by atoms with Crippen LogP contribution in [-0.2, 0) is 0 Å². The Morgan fingerprint density at radius 3 is 2.36 bits per heavy atom. The third kappa shape index (κ3) is 4.93. The van der Waals surface area contributed by atoms with Gasteiger partial charge in [0.25, 0.3) is 0 Å². The minimum Gasteiger partial charge on any atom is -0.487 e. The van der Waals surface area contributed by atoms with Crippen molar-refractivity contribution in [3.05, 3.63) is 15.6 Å². The fraction of sp³-hybridized carbons (Fsp3) is 0.591. The molecule has 0 bridgehead atoms. The van der Waals surface area contributed by atoms with Crippen LogP contribution in [0.4, 0.5) is 10.6 Å². The Morgan fingerprint density at radius 2 is 1.73 bits per heavy atom. The van der Waals surface area contributed by atoms with Crippen LogP contribution in [0, 0.1) is 0 Å². The number of benzene rings is 1. The number of carboxylic acid groups (broad SMARTS) is 1. The van der Waals surface area contributed by atoms with Gasteiger partial charge in [-0.05, 0) is 54.7 Å². The van der Waals surface area contributed by atoms with E-state index < -0.39 is 6.09 Å². The first-order valence-corrected chi connectivity index (χ1v) is 12.5. The molecule has 3 heterocycles. The monoisotopic (exact) mass is 539 g/mol. The van der Waals surface area contributed by atoms with E-state index in [0.717, 1.165) is 44.2 Å². The number of anilines is 1. The molecule has 5 rings (SSSR count). The van der Waals surface area contributed by atoms with E-state index in [9.17, 15) is 9.90 Å². The number of ether oxygens (including phenoxy) is 2. The second kappa shape index (κ2) is 9.31. The van der Waals surface area contributed by atoms with Gasteiger partial charge in [-0.2, -0.15) is 9.97 Å². The van der Waals surface area contributed by atoms with Crippen LogP contribution >= 0.6 is 27.5 Å². The normalized spacial score (nSPS) is 20.3. The predicted molar refractivity (Wildman–Crippen MR) is 129 cm³/mol. The zero-order chi connectivity index (χ0) is 23.1. The van der Waals surface area contributed by atoms with Crippen LogP contribution in [0.1, 0.15) is 25.7 Å². The highest BCUT2D eigenvalue weighted by molar-refractivity contribution is 9.10. The van der Waals surface area contributed by atoms with Crippen LogP contribution in [0.15, 0.2) is 10.5 Å². The standard InChI is InChI=1S/C22H27BrClN5O4/c1-27-6-4-14(5-7-27)33-21-25-18-15(12-16(24)17(23)19(18)32-13-2-3-13)20(26-21)28-8-10-29(11-9-28)22(30)31/h12-14H,2-11H2,1H3,(H,30,31). The number of halogens is 2. The molecule has 1 aromatic carbocycles. The van der Waals surface area contributed by atoms with Gasteiger partial charge in [0, 0.05) is 44.7 Å². The number of piperidine rings is 1. The van der Waals surface area contributed by atoms with Gasteiger partial charge in [-0.25, -0.2) is 4.79 Å². The summed E-state index contributed by atoms with van der Waals surface area (Å²) in [6.45, 7) is 3.80. The Bertz CT molecular complexity index is 1050. The van der Waals surface area contributed by atoms with Crippen molar-refractivity contribution >= 4 is 50.3 Å². The zero-order valence-electron chi connectivity index (χ0n) is 18.5. The zero-order valence-corrected chi connectivity index (χ0v) is 20.8. The quantitative estimate of drug-likeness (QED) is 0.611. The molecule has 0 unspecified atom stereocenters. The predicted octanol–water partition coefficient (Wildman–Crippen LogP) is 3.86. The van der Waals surface area contributed by atoms with Gasteiger partial charge in [-0.1, -0.05) is 11.6 Å². The molecular weight excluding hydrogens is 514 g/mol. The topological polar surface area (TPSA) is 91.3 Å². The summed E-state index contributed by atoms with van der Waals surface area (Å²) in [5.41, 5.74) is 0.659. The summed E-state index contributed by atoms with van der Waals surface area (Å²) in [7, 11) is 2.11. The lowest BCUT2D eigenvalue weighted by atomic mass is 10.1. The Balaban J connectivity index is 1.54. The Hall–Kier alpha value is -2.04. The lowest BCUT2D eigenvalue weighted by Crippen LogP contribution is -2.48. The minimum absolute atomic E-state index is 0.0545. The molecule has 1 aromatic heterocycles. The molecule has 11 heteroatoms. The van der Waals surface area contributed by atoms with Gasteiger partial charge in [0.05, 0.1) is 15.6 Å². The molecule has 0 atom stereocenters. The van der Waals surface area contributed by atoms with Crippen molar-refractivity contribution in [3.8, 4) is 11.8 Å². The summed E-state index contributed by atoms with van der Waals surface area (Å²) in [5.74, 6) is 1.31. The summed E-state index contributed by atoms with van der Waals surface area (Å²) in [4.78, 5) is 26.7. The van der Waals surface area contributed by atoms with Crippen molar-refractivity contribution in [2.75, 3.05) is 51.2 Å². The molecule has 0 spiro atoms. The highest BCUT2D eigenvalue weighted by atomic mass is 79.9. The summed E-state index contributed by atoms with van der Waals surface area (Å²) >= 11 is 10.1. The number of hydrogen-bond donors (Lipinski definition) is 1. The molecule has 1 N–H and O–H groups in total. The van der Waals surface area contributed by atoms with Crippen LogP contribution in [-0.4, -0.2) is 89.5 Å². The summed E-state index contributed by atoms with van der Waals surface area (Å²) in [6, 6.07) is 2.17. The summed E-state index contributed by atoms with van der Waals surface area (Å²) in [6.07, 6.45) is 3.17. The van der Waals surface area contributed by atoms with Crippen LogP contribution in [0.25, 0.3) is 10.9 Å². The number of hydrogen-bond acceptors (Lipinski definition) is 7. The van der Waals surface area contributed by atoms with Crippen molar-refractivity contribution in [3.63, 3.8) is 0 Å². The van der Waals surface area contributed by atoms with Crippen molar-refractivity contribution in [2.24, 2.45) is 0 Å². The van der Waals surface area contributed by atoms with Crippen molar-refractivity contribution in [1.82, 2.24) is 19.8 Å². The van der Waals surface area contributed by atoms with E-state index in [0.29, 0.717) is 58.8 Å². The second-order valence-electron chi connectivity index (χ2n) is 8.92. The van der Waals surface area contributed by atoms with E-state index in [2.05, 4.69) is 32.8 Å². The molecule has 2 aliphatic heterocycles. The smallest absolute Gasteiger partial charge is 0.407 e. The number of aromatic nitrogens is 2. The van der Waals surface area contributed by atoms with Crippen LogP contribution < -0.4 is 14.4 Å². The maximum atomic E-state index is 11.4. The third-order valence-electron chi connectivity index (χ3n) is 6.40. The molecule has 2 saturated heterocycles. The largest absolute Gasteiger partial charge is 0.487 e. The van der Waals surface area contributed by atoms with Crippen LogP contribution in [0.5, 0.6) is 11.8 Å². The van der Waals surface area contributed by atoms with E-state index in [1.807, 2.05) is 6.07 Å². The minimum atomic E-state index is -0.902. The molecule has 178 valence electrons. The number of fused-ring (bicyclic) bond motifs is 1. The number of carbonyl (C=O) groups is 1. The molecule has 0 radical (unpaired) electrons. The van der Waals surface area contributed by atoms with Crippen molar-refractivity contribution < 1.29 is 19.4 Å². The van der Waals surface area contributed by atoms with E-state index in [-0.39, 0.29) is 12.2 Å². The molecule has 1 amide bonds. The van der Waals surface area contributed by atoms with E-state index >= 15 is 0 Å². The molecule has 1 aliphatic carbocycles. The number of piperazine rings is 1. The number of likely N-dealkylation sites (tertiary alicyclic amines) is 1. The Morgan fingerprint density at radius 1 is 1.06 bits per heavy atom. The summed E-state index contributed by atoms with van der Waals surface area (Å²) in [5, 5.41) is 10.6. The summed E-state index contributed by atoms with van der Waals surface area (Å²) < 4.78 is 13.2. The Kier molecular flexibility index (Phi) is 6.41. The molecule has 1 saturated carbocycles. The fourth-order valence-electron chi connectivity index (χ4n) is 4.26.